The van der Waals surface area contributed by atoms with E-state index in [0.29, 0.717) is 0 Å². The van der Waals surface area contributed by atoms with Gasteiger partial charge in [0.05, 0.1) is 19.1 Å². The molecule has 1 unspecified atom stereocenters. The van der Waals surface area contributed by atoms with Crippen LogP contribution in [0.15, 0.2) is 48.5 Å². The molecule has 33 heavy (non-hydrogen) atoms. The number of carboxylic acid groups (broad SMARTS) is 1. The van der Waals surface area contributed by atoms with E-state index in [-0.39, 0.29) is 12.5 Å². The zero-order valence-electron chi connectivity index (χ0n) is 17.8. The standard InChI is InChI=1S/C23H24F2N2O6/c1-32-14(10-20(28)29)11-26-21(30)23(24,25)13-27-22(31)33-12-19-17-8-4-2-6-15(17)16-7-3-5-9-18(16)19/h2-9,14,19H,10-13H2,1H3,(H,26,30)(H,27,31)(H,28,29). The van der Waals surface area contributed by atoms with Crippen molar-refractivity contribution in [2.45, 2.75) is 24.4 Å². The molecule has 0 fully saturated rings. The fraction of sp³-hybridized carbons (Fsp3) is 0.348. The van der Waals surface area contributed by atoms with Gasteiger partial charge < -0.3 is 25.2 Å². The maximum absolute atomic E-state index is 14.1. The molecule has 176 valence electrons. The van der Waals surface area contributed by atoms with Gasteiger partial charge >= 0.3 is 18.0 Å². The van der Waals surface area contributed by atoms with Crippen molar-refractivity contribution < 1.29 is 37.7 Å². The molecule has 8 nitrogen and oxygen atoms in total. The fourth-order valence-corrected chi connectivity index (χ4v) is 3.68. The third-order valence-corrected chi connectivity index (χ3v) is 5.36. The molecule has 0 spiro atoms. The van der Waals surface area contributed by atoms with Gasteiger partial charge in [0.2, 0.25) is 0 Å². The molecule has 3 rings (SSSR count). The fourth-order valence-electron chi connectivity index (χ4n) is 3.68. The molecule has 1 aliphatic carbocycles. The number of benzene rings is 2. The number of carboxylic acids is 1. The van der Waals surface area contributed by atoms with Crippen LogP contribution in [0.1, 0.15) is 23.5 Å². The molecule has 0 saturated carbocycles. The van der Waals surface area contributed by atoms with E-state index in [1.807, 2.05) is 59.2 Å². The number of hydrogen-bond donors (Lipinski definition) is 3. The van der Waals surface area contributed by atoms with E-state index in [2.05, 4.69) is 0 Å². The van der Waals surface area contributed by atoms with Crippen molar-refractivity contribution in [1.82, 2.24) is 10.6 Å². The van der Waals surface area contributed by atoms with Gasteiger partial charge in [0.15, 0.2) is 0 Å². The lowest BCUT2D eigenvalue weighted by atomic mass is 9.98. The van der Waals surface area contributed by atoms with Gasteiger partial charge in [-0.1, -0.05) is 48.5 Å². The molecule has 0 radical (unpaired) electrons. The van der Waals surface area contributed by atoms with Crippen molar-refractivity contribution in [2.75, 3.05) is 26.8 Å². The molecule has 0 aromatic heterocycles. The first-order valence-electron chi connectivity index (χ1n) is 10.2. The van der Waals surface area contributed by atoms with Crippen LogP contribution in [0.25, 0.3) is 11.1 Å². The zero-order valence-corrected chi connectivity index (χ0v) is 17.8. The molecule has 0 heterocycles. The van der Waals surface area contributed by atoms with Crippen LogP contribution < -0.4 is 10.6 Å². The van der Waals surface area contributed by atoms with Gasteiger partial charge in [0.1, 0.15) is 6.61 Å². The first kappa shape index (κ1) is 24.1. The molecule has 0 saturated heterocycles. The lowest BCUT2D eigenvalue weighted by molar-refractivity contribution is -0.146. The van der Waals surface area contributed by atoms with Gasteiger partial charge in [-0.3, -0.25) is 9.59 Å². The summed E-state index contributed by atoms with van der Waals surface area (Å²) in [7, 11) is 1.20. The summed E-state index contributed by atoms with van der Waals surface area (Å²) in [5.74, 6) is -7.01. The number of nitrogens with one attached hydrogen (secondary N) is 2. The summed E-state index contributed by atoms with van der Waals surface area (Å²) in [6.07, 6.45) is -2.50. The number of alkyl halides is 2. The molecular weight excluding hydrogens is 438 g/mol. The van der Waals surface area contributed by atoms with Crippen LogP contribution in [-0.2, 0) is 19.1 Å². The smallest absolute Gasteiger partial charge is 0.407 e. The van der Waals surface area contributed by atoms with E-state index in [4.69, 9.17) is 14.6 Å². The molecule has 10 heteroatoms. The number of fused-ring (bicyclic) bond motifs is 3. The Morgan fingerprint density at radius 3 is 2.15 bits per heavy atom. The minimum Gasteiger partial charge on any atom is -0.481 e. The number of aliphatic carboxylic acids is 1. The van der Waals surface area contributed by atoms with Crippen molar-refractivity contribution in [3.63, 3.8) is 0 Å². The van der Waals surface area contributed by atoms with Crippen LogP contribution in [0, 0.1) is 0 Å². The predicted octanol–water partition coefficient (Wildman–Crippen LogP) is 2.77. The second-order valence-corrected chi connectivity index (χ2v) is 7.55. The van der Waals surface area contributed by atoms with Crippen molar-refractivity contribution in [1.29, 1.82) is 0 Å². The highest BCUT2D eigenvalue weighted by molar-refractivity contribution is 5.84. The third kappa shape index (κ3) is 5.83. The highest BCUT2D eigenvalue weighted by Gasteiger charge is 2.39. The summed E-state index contributed by atoms with van der Waals surface area (Å²) in [4.78, 5) is 34.5. The number of rotatable bonds is 10. The second kappa shape index (κ2) is 10.4. The zero-order chi connectivity index (χ0) is 24.0. The molecule has 1 aliphatic rings. The largest absolute Gasteiger partial charge is 0.481 e. The topological polar surface area (TPSA) is 114 Å². The summed E-state index contributed by atoms with van der Waals surface area (Å²) < 4.78 is 38.2. The first-order valence-corrected chi connectivity index (χ1v) is 10.2. The number of methoxy groups -OCH3 is 1. The summed E-state index contributed by atoms with van der Waals surface area (Å²) in [6.45, 7) is -1.74. The van der Waals surface area contributed by atoms with Gasteiger partial charge in [-0.05, 0) is 22.3 Å². The number of carbonyl (C=O) groups excluding carboxylic acids is 2. The van der Waals surface area contributed by atoms with Crippen LogP contribution >= 0.6 is 0 Å². The molecule has 3 N–H and O–H groups in total. The number of amides is 2. The van der Waals surface area contributed by atoms with E-state index in [0.717, 1.165) is 22.3 Å². The Labute approximate surface area is 188 Å². The molecule has 2 aromatic rings. The minimum atomic E-state index is -3.92. The average molecular weight is 462 g/mol. The van der Waals surface area contributed by atoms with Crippen LogP contribution in [-0.4, -0.2) is 61.9 Å². The summed E-state index contributed by atoms with van der Waals surface area (Å²) >= 11 is 0. The predicted molar refractivity (Wildman–Crippen MR) is 114 cm³/mol. The van der Waals surface area contributed by atoms with E-state index in [1.165, 1.54) is 7.11 Å². The maximum atomic E-state index is 14.1. The molecule has 0 aliphatic heterocycles. The van der Waals surface area contributed by atoms with Gasteiger partial charge in [0, 0.05) is 19.6 Å². The highest BCUT2D eigenvalue weighted by Crippen LogP contribution is 2.44. The normalized spacial score (nSPS) is 13.5. The Morgan fingerprint density at radius 1 is 1.03 bits per heavy atom. The SMILES string of the molecule is COC(CNC(=O)C(F)(F)CNC(=O)OCC1c2ccccc2-c2ccccc21)CC(=O)O. The Kier molecular flexibility index (Phi) is 7.59. The number of carbonyl (C=O) groups is 3. The first-order chi connectivity index (χ1) is 15.7. The molecule has 2 amide bonds. The Morgan fingerprint density at radius 2 is 1.61 bits per heavy atom. The lowest BCUT2D eigenvalue weighted by Crippen LogP contribution is -2.50. The van der Waals surface area contributed by atoms with E-state index in [9.17, 15) is 23.2 Å². The molecule has 2 aromatic carbocycles. The molecule has 0 bridgehead atoms. The third-order valence-electron chi connectivity index (χ3n) is 5.36. The van der Waals surface area contributed by atoms with Crippen LogP contribution in [0.4, 0.5) is 13.6 Å². The van der Waals surface area contributed by atoms with Crippen LogP contribution in [0.5, 0.6) is 0 Å². The Hall–Kier alpha value is -3.53. The summed E-state index contributed by atoms with van der Waals surface area (Å²) in [5, 5.41) is 12.6. The van der Waals surface area contributed by atoms with Crippen LogP contribution in [0.2, 0.25) is 0 Å². The Bertz CT molecular complexity index is 984. The average Bonchev–Trinajstić information content (AvgIpc) is 3.12. The van der Waals surface area contributed by atoms with E-state index >= 15 is 0 Å². The lowest BCUT2D eigenvalue weighted by Gasteiger charge is -2.19. The number of hydrogen-bond acceptors (Lipinski definition) is 5. The number of alkyl carbamates (subject to hydrolysis) is 1. The van der Waals surface area contributed by atoms with E-state index < -0.39 is 49.5 Å². The van der Waals surface area contributed by atoms with Gasteiger partial charge in [-0.15, -0.1) is 0 Å². The minimum absolute atomic E-state index is 0.0532. The number of ether oxygens (including phenoxy) is 2. The van der Waals surface area contributed by atoms with Crippen molar-refractivity contribution in [3.05, 3.63) is 59.7 Å². The van der Waals surface area contributed by atoms with Crippen molar-refractivity contribution >= 4 is 18.0 Å². The molecule has 1 atom stereocenters. The van der Waals surface area contributed by atoms with E-state index in [1.54, 1.807) is 0 Å². The summed E-state index contributed by atoms with van der Waals surface area (Å²) in [5.41, 5.74) is 4.01. The van der Waals surface area contributed by atoms with Crippen molar-refractivity contribution in [3.8, 4) is 11.1 Å². The highest BCUT2D eigenvalue weighted by atomic mass is 19.3. The van der Waals surface area contributed by atoms with Crippen LogP contribution in [0.3, 0.4) is 0 Å². The van der Waals surface area contributed by atoms with Gasteiger partial charge in [-0.2, -0.15) is 8.78 Å². The monoisotopic (exact) mass is 462 g/mol. The van der Waals surface area contributed by atoms with Gasteiger partial charge in [0.25, 0.3) is 5.91 Å². The quantitative estimate of drug-likeness (QED) is 0.500. The van der Waals surface area contributed by atoms with Crippen molar-refractivity contribution in [2.24, 2.45) is 0 Å². The number of halogens is 2. The Balaban J connectivity index is 1.51. The maximum Gasteiger partial charge on any atom is 0.407 e. The van der Waals surface area contributed by atoms with Gasteiger partial charge in [-0.25, -0.2) is 4.79 Å². The molecular formula is C23H24F2N2O6. The second-order valence-electron chi connectivity index (χ2n) is 7.55. The summed E-state index contributed by atoms with van der Waals surface area (Å²) in [6, 6.07) is 15.4.